The summed E-state index contributed by atoms with van der Waals surface area (Å²) >= 11 is 2.78. The lowest BCUT2D eigenvalue weighted by Gasteiger charge is -1.95. The van der Waals surface area contributed by atoms with Gasteiger partial charge in [0.25, 0.3) is 5.56 Å². The van der Waals surface area contributed by atoms with Gasteiger partial charge in [0.05, 0.1) is 6.20 Å². The summed E-state index contributed by atoms with van der Waals surface area (Å²) < 4.78 is 13.4. The first-order valence-corrected chi connectivity index (χ1v) is 3.29. The van der Waals surface area contributed by atoms with Crippen molar-refractivity contribution in [1.82, 2.24) is 9.78 Å². The van der Waals surface area contributed by atoms with Crippen molar-refractivity contribution >= 4 is 15.9 Å². The van der Waals surface area contributed by atoms with Crippen LogP contribution >= 0.6 is 15.9 Å². The van der Waals surface area contributed by atoms with Crippen molar-refractivity contribution in [3.8, 4) is 0 Å². The largest absolute Gasteiger partial charge is 0.283 e. The smallest absolute Gasteiger partial charge is 0.266 e. The highest BCUT2D eigenvalue weighted by atomic mass is 79.9. The minimum Gasteiger partial charge on any atom is -0.266 e. The van der Waals surface area contributed by atoms with Crippen LogP contribution in [0.5, 0.6) is 0 Å². The van der Waals surface area contributed by atoms with Crippen LogP contribution < -0.4 is 5.56 Å². The van der Waals surface area contributed by atoms with Crippen LogP contribution in [0.4, 0.5) is 4.39 Å². The zero-order valence-corrected chi connectivity index (χ0v) is 6.72. The molecule has 5 heteroatoms. The van der Waals surface area contributed by atoms with Gasteiger partial charge in [-0.2, -0.15) is 5.10 Å². The monoisotopic (exact) mass is 206 g/mol. The van der Waals surface area contributed by atoms with Crippen molar-refractivity contribution in [2.45, 2.75) is 0 Å². The van der Waals surface area contributed by atoms with E-state index in [2.05, 4.69) is 21.0 Å². The molecule has 3 nitrogen and oxygen atoms in total. The van der Waals surface area contributed by atoms with E-state index >= 15 is 0 Å². The molecular weight excluding hydrogens is 203 g/mol. The number of nitrogens with zero attached hydrogens (tertiary/aromatic N) is 2. The summed E-state index contributed by atoms with van der Waals surface area (Å²) in [5.41, 5.74) is -0.472. The molecule has 0 atom stereocenters. The van der Waals surface area contributed by atoms with Gasteiger partial charge >= 0.3 is 0 Å². The van der Waals surface area contributed by atoms with Crippen LogP contribution in [-0.4, -0.2) is 9.78 Å². The van der Waals surface area contributed by atoms with Crippen molar-refractivity contribution in [2.75, 3.05) is 0 Å². The van der Waals surface area contributed by atoms with Gasteiger partial charge in [-0.15, -0.1) is 0 Å². The van der Waals surface area contributed by atoms with Gasteiger partial charge in [0, 0.05) is 7.05 Å². The van der Waals surface area contributed by atoms with Crippen molar-refractivity contribution < 1.29 is 4.39 Å². The molecule has 0 fully saturated rings. The maximum atomic E-state index is 12.4. The quantitative estimate of drug-likeness (QED) is 0.626. The van der Waals surface area contributed by atoms with Crippen LogP contribution in [0, 0.1) is 5.82 Å². The molecule has 10 heavy (non-hydrogen) atoms. The molecule has 0 unspecified atom stereocenters. The molecule has 1 heterocycles. The van der Waals surface area contributed by atoms with E-state index < -0.39 is 11.4 Å². The molecule has 1 rings (SSSR count). The molecule has 0 spiro atoms. The fourth-order valence-electron chi connectivity index (χ4n) is 0.491. The Labute approximate surface area is 64.6 Å². The Morgan fingerprint density at radius 3 is 2.90 bits per heavy atom. The molecule has 0 saturated heterocycles. The van der Waals surface area contributed by atoms with E-state index in [1.807, 2.05) is 0 Å². The fraction of sp³-hybridized carbons (Fsp3) is 0.200. The lowest BCUT2D eigenvalue weighted by Crippen LogP contribution is -2.20. The molecule has 0 aliphatic rings. The van der Waals surface area contributed by atoms with Gasteiger partial charge in [0.1, 0.15) is 4.47 Å². The summed E-state index contributed by atoms with van der Waals surface area (Å²) in [6.07, 6.45) is 0.978. The third-order valence-electron chi connectivity index (χ3n) is 1.04. The van der Waals surface area contributed by atoms with E-state index in [0.717, 1.165) is 10.9 Å². The minimum atomic E-state index is -0.636. The lowest BCUT2D eigenvalue weighted by atomic mass is 10.5. The van der Waals surface area contributed by atoms with Crippen LogP contribution in [0.25, 0.3) is 0 Å². The summed E-state index contributed by atoms with van der Waals surface area (Å²) in [5.74, 6) is -0.636. The Bertz CT molecular complexity index is 309. The van der Waals surface area contributed by atoms with Crippen molar-refractivity contribution in [2.24, 2.45) is 7.05 Å². The van der Waals surface area contributed by atoms with Gasteiger partial charge < -0.3 is 0 Å². The molecule has 0 radical (unpaired) electrons. The third-order valence-corrected chi connectivity index (χ3v) is 1.75. The molecule has 0 saturated carbocycles. The van der Waals surface area contributed by atoms with E-state index in [9.17, 15) is 9.18 Å². The number of hydrogen-bond acceptors (Lipinski definition) is 2. The molecule has 0 aromatic carbocycles. The minimum absolute atomic E-state index is 0.0787. The van der Waals surface area contributed by atoms with E-state index in [1.165, 1.54) is 7.05 Å². The lowest BCUT2D eigenvalue weighted by molar-refractivity contribution is 0.577. The van der Waals surface area contributed by atoms with Gasteiger partial charge in [-0.1, -0.05) is 0 Å². The SMILES string of the molecule is Cn1ncc(F)c(Br)c1=O. The van der Waals surface area contributed by atoms with Crippen molar-refractivity contribution in [3.05, 3.63) is 26.8 Å². The van der Waals surface area contributed by atoms with Gasteiger partial charge in [0.2, 0.25) is 0 Å². The number of aromatic nitrogens is 2. The van der Waals surface area contributed by atoms with E-state index in [4.69, 9.17) is 0 Å². The first-order chi connectivity index (χ1) is 4.63. The topological polar surface area (TPSA) is 34.9 Å². The Kier molecular flexibility index (Phi) is 1.85. The predicted octanol–water partition coefficient (Wildman–Crippen LogP) is 0.682. The van der Waals surface area contributed by atoms with Gasteiger partial charge in [-0.3, -0.25) is 4.79 Å². The average Bonchev–Trinajstić information content (AvgIpc) is 1.93. The van der Waals surface area contributed by atoms with E-state index in [-0.39, 0.29) is 4.47 Å². The fourth-order valence-corrected chi connectivity index (χ4v) is 0.850. The Morgan fingerprint density at radius 2 is 2.40 bits per heavy atom. The van der Waals surface area contributed by atoms with Crippen LogP contribution in [0.1, 0.15) is 0 Å². The summed E-state index contributed by atoms with van der Waals surface area (Å²) in [4.78, 5) is 10.8. The second-order valence-electron chi connectivity index (χ2n) is 1.74. The number of hydrogen-bond donors (Lipinski definition) is 0. The number of rotatable bonds is 0. The molecule has 1 aromatic heterocycles. The van der Waals surface area contributed by atoms with Crippen LogP contribution in [0.3, 0.4) is 0 Å². The number of aryl methyl sites for hydroxylation is 1. The van der Waals surface area contributed by atoms with E-state index in [0.29, 0.717) is 0 Å². The molecule has 0 aliphatic heterocycles. The Hall–Kier alpha value is -0.710. The average molecular weight is 207 g/mol. The molecule has 54 valence electrons. The first-order valence-electron chi connectivity index (χ1n) is 2.50. The summed E-state index contributed by atoms with van der Waals surface area (Å²) in [6, 6.07) is 0. The maximum absolute atomic E-state index is 12.4. The third kappa shape index (κ3) is 1.09. The maximum Gasteiger partial charge on any atom is 0.283 e. The van der Waals surface area contributed by atoms with E-state index in [1.54, 1.807) is 0 Å². The summed E-state index contributed by atoms with van der Waals surface area (Å²) in [6.45, 7) is 0. The Balaban J connectivity index is 3.50. The van der Waals surface area contributed by atoms with Gasteiger partial charge in [-0.05, 0) is 15.9 Å². The predicted molar refractivity (Wildman–Crippen MR) is 37.1 cm³/mol. The first kappa shape index (κ1) is 7.40. The van der Waals surface area contributed by atoms with Gasteiger partial charge in [-0.25, -0.2) is 9.07 Å². The molecule has 1 aromatic rings. The highest BCUT2D eigenvalue weighted by Crippen LogP contribution is 2.05. The highest BCUT2D eigenvalue weighted by Gasteiger charge is 2.03. The highest BCUT2D eigenvalue weighted by molar-refractivity contribution is 9.10. The van der Waals surface area contributed by atoms with Gasteiger partial charge in [0.15, 0.2) is 5.82 Å². The van der Waals surface area contributed by atoms with Crippen LogP contribution in [0.15, 0.2) is 15.5 Å². The molecular formula is C5H4BrFN2O. The number of halogens is 2. The second kappa shape index (κ2) is 2.49. The molecule has 0 aliphatic carbocycles. The molecule has 0 N–H and O–H groups in total. The normalized spacial score (nSPS) is 9.90. The zero-order valence-electron chi connectivity index (χ0n) is 5.14. The van der Waals surface area contributed by atoms with Crippen LogP contribution in [0.2, 0.25) is 0 Å². The van der Waals surface area contributed by atoms with Crippen LogP contribution in [-0.2, 0) is 7.05 Å². The van der Waals surface area contributed by atoms with Crippen molar-refractivity contribution in [1.29, 1.82) is 0 Å². The standard InChI is InChI=1S/C5H4BrFN2O/c1-9-5(10)4(6)3(7)2-8-9/h2H,1H3. The summed E-state index contributed by atoms with van der Waals surface area (Å²) in [7, 11) is 1.45. The zero-order chi connectivity index (χ0) is 7.72. The molecule has 0 bridgehead atoms. The summed E-state index contributed by atoms with van der Waals surface area (Å²) in [5, 5.41) is 3.44. The Morgan fingerprint density at radius 1 is 1.80 bits per heavy atom. The van der Waals surface area contributed by atoms with Crippen molar-refractivity contribution in [3.63, 3.8) is 0 Å². The second-order valence-corrected chi connectivity index (χ2v) is 2.53. The molecule has 0 amide bonds.